The van der Waals surface area contributed by atoms with Crippen molar-refractivity contribution in [2.24, 2.45) is 0 Å². The number of rotatable bonds is 3. The van der Waals surface area contributed by atoms with Gasteiger partial charge in [-0.2, -0.15) is 0 Å². The summed E-state index contributed by atoms with van der Waals surface area (Å²) in [5, 5.41) is 4.52. The molecule has 1 atom stereocenters. The van der Waals surface area contributed by atoms with Gasteiger partial charge in [0.2, 0.25) is 5.76 Å². The highest BCUT2D eigenvalue weighted by Crippen LogP contribution is 2.15. The molecule has 0 saturated heterocycles. The van der Waals surface area contributed by atoms with E-state index in [1.54, 1.807) is 18.2 Å². The van der Waals surface area contributed by atoms with Gasteiger partial charge in [0.05, 0.1) is 5.39 Å². The molecule has 2 rings (SSSR count). The molecular formula is C16H16N2O6. The fourth-order valence-corrected chi connectivity index (χ4v) is 1.92. The molecule has 1 heterocycles. The van der Waals surface area contributed by atoms with Gasteiger partial charge < -0.3 is 14.5 Å². The first-order valence-corrected chi connectivity index (χ1v) is 7.10. The van der Waals surface area contributed by atoms with Gasteiger partial charge in [-0.05, 0) is 26.0 Å². The van der Waals surface area contributed by atoms with Gasteiger partial charge in [0.15, 0.2) is 11.5 Å². The lowest BCUT2D eigenvalue weighted by Gasteiger charge is -2.12. The maximum atomic E-state index is 12.1. The summed E-state index contributed by atoms with van der Waals surface area (Å²) in [6.07, 6.45) is -1.24. The Morgan fingerprint density at radius 1 is 1.21 bits per heavy atom. The van der Waals surface area contributed by atoms with Crippen LogP contribution < -0.4 is 16.1 Å². The zero-order chi connectivity index (χ0) is 17.9. The van der Waals surface area contributed by atoms with Gasteiger partial charge >= 0.3 is 12.0 Å². The maximum Gasteiger partial charge on any atom is 0.375 e. The summed E-state index contributed by atoms with van der Waals surface area (Å²) < 4.78 is 10.3. The van der Waals surface area contributed by atoms with E-state index in [0.29, 0.717) is 5.39 Å². The molecule has 2 aromatic rings. The molecule has 0 aliphatic rings. The predicted molar refractivity (Wildman–Crippen MR) is 84.7 cm³/mol. The minimum Gasteiger partial charge on any atom is -0.449 e. The number of hydrogen-bond acceptors (Lipinski definition) is 6. The van der Waals surface area contributed by atoms with Crippen LogP contribution in [0.4, 0.5) is 4.79 Å². The summed E-state index contributed by atoms with van der Waals surface area (Å²) in [6.45, 7) is 3.12. The molecule has 0 spiro atoms. The highest BCUT2D eigenvalue weighted by atomic mass is 16.6. The van der Waals surface area contributed by atoms with Crippen molar-refractivity contribution in [3.05, 3.63) is 45.8 Å². The fraction of sp³-hybridized carbons (Fsp3) is 0.250. The maximum absolute atomic E-state index is 12.1. The standard InChI is InChI=1S/C16H16N2O6/c1-8-4-5-12-10(6-8)11(19)7-13(24-12)15(21)23-9(2)14(20)18-16(22)17-3/h4-7,9H,1-3H3,(H2,17,18,20,22)/t9-/m0/s1. The number of urea groups is 1. The number of ether oxygens (including phenoxy) is 1. The van der Waals surface area contributed by atoms with Crippen molar-refractivity contribution in [3.8, 4) is 0 Å². The molecular weight excluding hydrogens is 316 g/mol. The van der Waals surface area contributed by atoms with E-state index >= 15 is 0 Å². The third kappa shape index (κ3) is 3.78. The van der Waals surface area contributed by atoms with Gasteiger partial charge in [-0.15, -0.1) is 0 Å². The normalized spacial score (nSPS) is 11.6. The molecule has 2 N–H and O–H groups in total. The fourth-order valence-electron chi connectivity index (χ4n) is 1.92. The van der Waals surface area contributed by atoms with Crippen LogP contribution in [0.15, 0.2) is 33.5 Å². The largest absolute Gasteiger partial charge is 0.449 e. The molecule has 0 bridgehead atoms. The Labute approximate surface area is 136 Å². The number of esters is 1. The Balaban J connectivity index is 2.19. The first-order valence-electron chi connectivity index (χ1n) is 7.10. The van der Waals surface area contributed by atoms with Crippen LogP contribution in [0.3, 0.4) is 0 Å². The van der Waals surface area contributed by atoms with Crippen molar-refractivity contribution < 1.29 is 23.5 Å². The Bertz CT molecular complexity index is 870. The van der Waals surface area contributed by atoms with E-state index in [-0.39, 0.29) is 11.3 Å². The number of carbonyl (C=O) groups excluding carboxylic acids is 3. The van der Waals surface area contributed by atoms with Crippen molar-refractivity contribution >= 4 is 28.9 Å². The van der Waals surface area contributed by atoms with Crippen LogP contribution in [0.5, 0.6) is 0 Å². The number of benzene rings is 1. The number of nitrogens with one attached hydrogen (secondary N) is 2. The topological polar surface area (TPSA) is 115 Å². The third-order valence-electron chi connectivity index (χ3n) is 3.20. The number of imide groups is 1. The predicted octanol–water partition coefficient (Wildman–Crippen LogP) is 1.10. The van der Waals surface area contributed by atoms with E-state index in [0.717, 1.165) is 11.6 Å². The molecule has 8 nitrogen and oxygen atoms in total. The molecule has 0 aliphatic heterocycles. The number of amides is 3. The molecule has 0 fully saturated rings. The summed E-state index contributed by atoms with van der Waals surface area (Å²) in [5.74, 6) is -2.11. The smallest absolute Gasteiger partial charge is 0.375 e. The van der Waals surface area contributed by atoms with Crippen LogP contribution >= 0.6 is 0 Å². The van der Waals surface area contributed by atoms with E-state index in [4.69, 9.17) is 9.15 Å². The molecule has 0 saturated carbocycles. The zero-order valence-electron chi connectivity index (χ0n) is 13.3. The molecule has 0 unspecified atom stereocenters. The summed E-state index contributed by atoms with van der Waals surface area (Å²) in [6, 6.07) is 5.24. The van der Waals surface area contributed by atoms with E-state index in [1.807, 2.05) is 12.2 Å². The zero-order valence-corrected chi connectivity index (χ0v) is 13.3. The monoisotopic (exact) mass is 332 g/mol. The number of fused-ring (bicyclic) bond motifs is 1. The molecule has 1 aromatic carbocycles. The molecule has 0 aliphatic carbocycles. The summed E-state index contributed by atoms with van der Waals surface area (Å²) in [4.78, 5) is 46.8. The number of carbonyl (C=O) groups is 3. The lowest BCUT2D eigenvalue weighted by atomic mass is 10.1. The second-order valence-electron chi connectivity index (χ2n) is 5.09. The first-order chi connectivity index (χ1) is 11.3. The lowest BCUT2D eigenvalue weighted by molar-refractivity contribution is -0.128. The van der Waals surface area contributed by atoms with Crippen LogP contribution in [0.2, 0.25) is 0 Å². The second kappa shape index (κ2) is 6.95. The van der Waals surface area contributed by atoms with Gasteiger partial charge in [0, 0.05) is 13.1 Å². The van der Waals surface area contributed by atoms with Crippen molar-refractivity contribution in [2.45, 2.75) is 20.0 Å². The SMILES string of the molecule is CNC(=O)NC(=O)[C@H](C)OC(=O)c1cc(=O)c2cc(C)ccc2o1. The van der Waals surface area contributed by atoms with Crippen LogP contribution in [-0.2, 0) is 9.53 Å². The molecule has 126 valence electrons. The van der Waals surface area contributed by atoms with Gasteiger partial charge in [0.1, 0.15) is 5.58 Å². The highest BCUT2D eigenvalue weighted by molar-refractivity contribution is 5.98. The van der Waals surface area contributed by atoms with Crippen LogP contribution in [0.25, 0.3) is 11.0 Å². The van der Waals surface area contributed by atoms with Crippen molar-refractivity contribution in [1.29, 1.82) is 0 Å². The van der Waals surface area contributed by atoms with Gasteiger partial charge in [-0.3, -0.25) is 14.9 Å². The molecule has 0 radical (unpaired) electrons. The van der Waals surface area contributed by atoms with Gasteiger partial charge in [-0.25, -0.2) is 9.59 Å². The van der Waals surface area contributed by atoms with Gasteiger partial charge in [0.25, 0.3) is 5.91 Å². The average Bonchev–Trinajstić information content (AvgIpc) is 2.54. The van der Waals surface area contributed by atoms with Crippen molar-refractivity contribution in [1.82, 2.24) is 10.6 Å². The van der Waals surface area contributed by atoms with Crippen LogP contribution in [-0.4, -0.2) is 31.1 Å². The molecule has 24 heavy (non-hydrogen) atoms. The van der Waals surface area contributed by atoms with E-state index in [9.17, 15) is 19.2 Å². The average molecular weight is 332 g/mol. The number of hydrogen-bond donors (Lipinski definition) is 2. The Hall–Kier alpha value is -3.16. The molecule has 3 amide bonds. The first kappa shape index (κ1) is 17.2. The van der Waals surface area contributed by atoms with E-state index < -0.39 is 29.4 Å². The van der Waals surface area contributed by atoms with Gasteiger partial charge in [-0.1, -0.05) is 11.6 Å². The van der Waals surface area contributed by atoms with E-state index in [2.05, 4.69) is 5.32 Å². The Kier molecular flexibility index (Phi) is 4.98. The molecule has 1 aromatic heterocycles. The van der Waals surface area contributed by atoms with Crippen molar-refractivity contribution in [2.75, 3.05) is 7.05 Å². The third-order valence-corrected chi connectivity index (χ3v) is 3.20. The molecule has 8 heteroatoms. The Morgan fingerprint density at radius 2 is 1.92 bits per heavy atom. The van der Waals surface area contributed by atoms with Crippen LogP contribution in [0.1, 0.15) is 23.0 Å². The second-order valence-corrected chi connectivity index (χ2v) is 5.09. The Morgan fingerprint density at radius 3 is 2.58 bits per heavy atom. The number of aryl methyl sites for hydroxylation is 1. The summed E-state index contributed by atoms with van der Waals surface area (Å²) in [5.41, 5.74) is 0.724. The van der Waals surface area contributed by atoms with Crippen LogP contribution in [0, 0.1) is 6.92 Å². The van der Waals surface area contributed by atoms with Crippen molar-refractivity contribution in [3.63, 3.8) is 0 Å². The lowest BCUT2D eigenvalue weighted by Crippen LogP contribution is -2.43. The minimum atomic E-state index is -1.24. The quantitative estimate of drug-likeness (QED) is 0.814. The summed E-state index contributed by atoms with van der Waals surface area (Å²) in [7, 11) is 1.34. The van der Waals surface area contributed by atoms with E-state index in [1.165, 1.54) is 14.0 Å². The minimum absolute atomic E-state index is 0.238. The highest BCUT2D eigenvalue weighted by Gasteiger charge is 2.22. The summed E-state index contributed by atoms with van der Waals surface area (Å²) >= 11 is 0.